The highest BCUT2D eigenvalue weighted by atomic mass is 32.1. The number of anilines is 1. The molecule has 1 heterocycles. The van der Waals surface area contributed by atoms with Crippen LogP contribution < -0.4 is 24.3 Å². The zero-order chi connectivity index (χ0) is 27.5. The van der Waals surface area contributed by atoms with Crippen molar-refractivity contribution in [2.45, 2.75) is 6.92 Å². The molecule has 0 aliphatic rings. The van der Waals surface area contributed by atoms with Crippen molar-refractivity contribution >= 4 is 28.5 Å². The summed E-state index contributed by atoms with van der Waals surface area (Å²) >= 11 is 1.29. The Morgan fingerprint density at radius 2 is 1.64 bits per heavy atom. The van der Waals surface area contributed by atoms with E-state index in [9.17, 15) is 10.1 Å². The molecule has 0 fully saturated rings. The second-order valence-corrected chi connectivity index (χ2v) is 8.87. The highest BCUT2D eigenvalue weighted by Gasteiger charge is 2.14. The first-order valence-corrected chi connectivity index (χ1v) is 13.1. The van der Waals surface area contributed by atoms with Crippen LogP contribution in [-0.4, -0.2) is 37.8 Å². The van der Waals surface area contributed by atoms with Gasteiger partial charge in [0.25, 0.3) is 5.91 Å². The van der Waals surface area contributed by atoms with E-state index in [2.05, 4.69) is 10.3 Å². The quantitative estimate of drug-likeness (QED) is 0.129. The molecule has 3 aromatic carbocycles. The zero-order valence-corrected chi connectivity index (χ0v) is 22.4. The van der Waals surface area contributed by atoms with E-state index in [1.165, 1.54) is 17.4 Å². The van der Waals surface area contributed by atoms with E-state index in [0.717, 1.165) is 11.3 Å². The van der Waals surface area contributed by atoms with Crippen LogP contribution in [0.2, 0.25) is 0 Å². The zero-order valence-electron chi connectivity index (χ0n) is 21.5. The third-order valence-corrected chi connectivity index (χ3v) is 6.16. The van der Waals surface area contributed by atoms with Crippen molar-refractivity contribution in [3.05, 3.63) is 89.3 Å². The van der Waals surface area contributed by atoms with Gasteiger partial charge in [0.15, 0.2) is 28.1 Å². The maximum atomic E-state index is 12.8. The second-order valence-electron chi connectivity index (χ2n) is 8.01. The van der Waals surface area contributed by atoms with E-state index in [1.807, 2.05) is 73.0 Å². The van der Waals surface area contributed by atoms with Crippen LogP contribution in [0, 0.1) is 11.3 Å². The van der Waals surface area contributed by atoms with Crippen molar-refractivity contribution in [2.24, 2.45) is 0 Å². The molecule has 1 N–H and O–H groups in total. The number of hydrogen-bond donors (Lipinski definition) is 1. The van der Waals surface area contributed by atoms with Gasteiger partial charge in [0.1, 0.15) is 24.9 Å². The summed E-state index contributed by atoms with van der Waals surface area (Å²) < 4.78 is 22.7. The molecule has 1 amide bonds. The van der Waals surface area contributed by atoms with Crippen molar-refractivity contribution in [1.29, 1.82) is 5.26 Å². The monoisotopic (exact) mass is 541 g/mol. The molecule has 0 spiro atoms. The van der Waals surface area contributed by atoms with Crippen LogP contribution in [0.4, 0.5) is 5.13 Å². The van der Waals surface area contributed by atoms with Crippen LogP contribution >= 0.6 is 11.3 Å². The number of nitrogens with zero attached hydrogens (tertiary/aromatic N) is 2. The molecule has 39 heavy (non-hydrogen) atoms. The van der Waals surface area contributed by atoms with Crippen LogP contribution in [-0.2, 0) is 4.79 Å². The van der Waals surface area contributed by atoms with Crippen molar-refractivity contribution in [1.82, 2.24) is 4.98 Å². The Labute approximate surface area is 231 Å². The van der Waals surface area contributed by atoms with E-state index < -0.39 is 5.91 Å². The molecule has 0 aliphatic heterocycles. The Bertz CT molecular complexity index is 1480. The maximum absolute atomic E-state index is 12.8. The number of para-hydroxylation sites is 2. The Morgan fingerprint density at radius 1 is 0.949 bits per heavy atom. The van der Waals surface area contributed by atoms with E-state index in [1.54, 1.807) is 25.3 Å². The van der Waals surface area contributed by atoms with Gasteiger partial charge in [-0.2, -0.15) is 5.26 Å². The summed E-state index contributed by atoms with van der Waals surface area (Å²) in [4.78, 5) is 17.2. The summed E-state index contributed by atoms with van der Waals surface area (Å²) in [6.45, 7) is 2.86. The first kappa shape index (κ1) is 27.2. The summed E-state index contributed by atoms with van der Waals surface area (Å²) in [5.74, 6) is 1.75. The molecule has 4 rings (SSSR count). The van der Waals surface area contributed by atoms with Crippen LogP contribution in [0.25, 0.3) is 17.3 Å². The maximum Gasteiger partial charge on any atom is 0.268 e. The minimum atomic E-state index is -0.543. The third kappa shape index (κ3) is 7.37. The SMILES string of the molecule is CCOc1cc(/C=C(/C#N)C(=O)Nc2nc(-c3ccccc3)cs2)ccc1OCCOc1ccccc1OC. The van der Waals surface area contributed by atoms with Crippen molar-refractivity contribution in [3.8, 4) is 40.3 Å². The minimum Gasteiger partial charge on any atom is -0.493 e. The number of thiazole rings is 1. The van der Waals surface area contributed by atoms with Crippen LogP contribution in [0.15, 0.2) is 83.7 Å². The number of ether oxygens (including phenoxy) is 4. The lowest BCUT2D eigenvalue weighted by Crippen LogP contribution is -2.13. The number of hydrogen-bond acceptors (Lipinski definition) is 8. The lowest BCUT2D eigenvalue weighted by Gasteiger charge is -2.14. The summed E-state index contributed by atoms with van der Waals surface area (Å²) in [5, 5.41) is 14.6. The highest BCUT2D eigenvalue weighted by Crippen LogP contribution is 2.30. The molecule has 1 aromatic heterocycles. The molecule has 0 bridgehead atoms. The first-order chi connectivity index (χ1) is 19.1. The van der Waals surface area contributed by atoms with Gasteiger partial charge >= 0.3 is 0 Å². The van der Waals surface area contributed by atoms with E-state index in [4.69, 9.17) is 18.9 Å². The molecule has 198 valence electrons. The fourth-order valence-electron chi connectivity index (χ4n) is 3.60. The van der Waals surface area contributed by atoms with Gasteiger partial charge in [-0.25, -0.2) is 4.98 Å². The highest BCUT2D eigenvalue weighted by molar-refractivity contribution is 7.14. The third-order valence-electron chi connectivity index (χ3n) is 5.41. The topological polar surface area (TPSA) is 103 Å². The van der Waals surface area contributed by atoms with E-state index in [-0.39, 0.29) is 12.2 Å². The summed E-state index contributed by atoms with van der Waals surface area (Å²) in [7, 11) is 1.59. The number of aromatic nitrogens is 1. The number of methoxy groups -OCH3 is 1. The van der Waals surface area contributed by atoms with Crippen LogP contribution in [0.3, 0.4) is 0 Å². The van der Waals surface area contributed by atoms with Gasteiger partial charge in [-0.1, -0.05) is 48.5 Å². The summed E-state index contributed by atoms with van der Waals surface area (Å²) in [5.41, 5.74) is 2.26. The molecule has 0 aliphatic carbocycles. The summed E-state index contributed by atoms with van der Waals surface area (Å²) in [6.07, 6.45) is 1.50. The van der Waals surface area contributed by atoms with Crippen molar-refractivity contribution < 1.29 is 23.7 Å². The lowest BCUT2D eigenvalue weighted by atomic mass is 10.1. The molecule has 8 nitrogen and oxygen atoms in total. The Kier molecular flexibility index (Phi) is 9.53. The standard InChI is InChI=1S/C30H27N3O5S/c1-3-36-28-18-21(13-14-27(28)38-16-15-37-26-12-8-7-11-25(26)35-2)17-23(19-31)29(34)33-30-32-24(20-39-30)22-9-5-4-6-10-22/h4-14,17-18,20H,3,15-16H2,1-2H3,(H,32,33,34)/b23-17-. The van der Waals surface area contributed by atoms with Gasteiger partial charge in [0, 0.05) is 10.9 Å². The largest absolute Gasteiger partial charge is 0.493 e. The average Bonchev–Trinajstić information content (AvgIpc) is 3.44. The molecular formula is C30H27N3O5S. The van der Waals surface area contributed by atoms with Gasteiger partial charge in [0.05, 0.1) is 19.4 Å². The van der Waals surface area contributed by atoms with Gasteiger partial charge in [-0.05, 0) is 42.8 Å². The van der Waals surface area contributed by atoms with Gasteiger partial charge in [-0.15, -0.1) is 11.3 Å². The van der Waals surface area contributed by atoms with E-state index >= 15 is 0 Å². The normalized spacial score (nSPS) is 10.8. The molecular weight excluding hydrogens is 514 g/mol. The van der Waals surface area contributed by atoms with E-state index in [0.29, 0.717) is 46.9 Å². The molecule has 0 unspecified atom stereocenters. The number of benzene rings is 3. The second kappa shape index (κ2) is 13.7. The predicted molar refractivity (Wildman–Crippen MR) is 151 cm³/mol. The average molecular weight is 542 g/mol. The van der Waals surface area contributed by atoms with Crippen molar-refractivity contribution in [2.75, 3.05) is 32.2 Å². The fourth-order valence-corrected chi connectivity index (χ4v) is 4.31. The number of amides is 1. The lowest BCUT2D eigenvalue weighted by molar-refractivity contribution is -0.112. The fraction of sp³-hybridized carbons (Fsp3) is 0.167. The smallest absolute Gasteiger partial charge is 0.268 e. The molecule has 0 radical (unpaired) electrons. The van der Waals surface area contributed by atoms with Gasteiger partial charge < -0.3 is 18.9 Å². The molecule has 4 aromatic rings. The van der Waals surface area contributed by atoms with Gasteiger partial charge in [-0.3, -0.25) is 10.1 Å². The number of carbonyl (C=O) groups excluding carboxylic acids is 1. The minimum absolute atomic E-state index is 0.0622. The first-order valence-electron chi connectivity index (χ1n) is 12.2. The number of rotatable bonds is 12. The Morgan fingerprint density at radius 3 is 2.33 bits per heavy atom. The molecule has 9 heteroatoms. The molecule has 0 saturated carbocycles. The van der Waals surface area contributed by atoms with Crippen molar-refractivity contribution in [3.63, 3.8) is 0 Å². The summed E-state index contributed by atoms with van der Waals surface area (Å²) in [6, 6.07) is 24.2. The van der Waals surface area contributed by atoms with Crippen LogP contribution in [0.5, 0.6) is 23.0 Å². The van der Waals surface area contributed by atoms with Gasteiger partial charge in [0.2, 0.25) is 0 Å². The number of nitriles is 1. The molecule has 0 atom stereocenters. The Balaban J connectivity index is 1.40. The number of nitrogens with one attached hydrogen (secondary N) is 1. The number of carbonyl (C=O) groups is 1. The Hall–Kier alpha value is -4.81. The predicted octanol–water partition coefficient (Wildman–Crippen LogP) is 6.22. The van der Waals surface area contributed by atoms with Crippen LogP contribution in [0.1, 0.15) is 12.5 Å². The molecule has 0 saturated heterocycles.